The van der Waals surface area contributed by atoms with Gasteiger partial charge in [-0.3, -0.25) is 4.79 Å². The van der Waals surface area contributed by atoms with Gasteiger partial charge in [0.2, 0.25) is 15.9 Å². The van der Waals surface area contributed by atoms with Crippen molar-refractivity contribution in [3.63, 3.8) is 0 Å². The van der Waals surface area contributed by atoms with E-state index in [0.717, 1.165) is 12.1 Å². The van der Waals surface area contributed by atoms with Crippen molar-refractivity contribution in [2.24, 2.45) is 5.73 Å². The molecule has 2 N–H and O–H groups in total. The number of nitrogens with two attached hydrogens (primary N) is 1. The monoisotopic (exact) mass is 351 g/mol. The lowest BCUT2D eigenvalue weighted by molar-refractivity contribution is -0.133. The third-order valence-electron chi connectivity index (χ3n) is 3.39. The van der Waals surface area contributed by atoms with Crippen LogP contribution in [0.3, 0.4) is 0 Å². The van der Waals surface area contributed by atoms with E-state index in [9.17, 15) is 17.6 Å². The molecule has 1 saturated heterocycles. The van der Waals surface area contributed by atoms with Crippen molar-refractivity contribution in [1.82, 2.24) is 9.21 Å². The predicted molar refractivity (Wildman–Crippen MR) is 82.6 cm³/mol. The smallest absolute Gasteiger partial charge is 0.243 e. The van der Waals surface area contributed by atoms with Gasteiger partial charge in [-0.1, -0.05) is 0 Å². The second-order valence-corrected chi connectivity index (χ2v) is 6.91. The van der Waals surface area contributed by atoms with Gasteiger partial charge in [0.25, 0.3) is 0 Å². The first-order chi connectivity index (χ1) is 9.82. The molecule has 0 aliphatic carbocycles. The molecule has 1 aromatic carbocycles. The zero-order valence-corrected chi connectivity index (χ0v) is 13.7. The molecule has 9 heteroatoms. The number of carbonyl (C=O) groups excluding carboxylic acids is 1. The Kier molecular flexibility index (Phi) is 6.30. The molecule has 1 fully saturated rings. The molecule has 0 aromatic heterocycles. The fraction of sp³-hybridized carbons (Fsp3) is 0.462. The number of hydrogen-bond acceptors (Lipinski definition) is 4. The van der Waals surface area contributed by atoms with Gasteiger partial charge in [0.15, 0.2) is 0 Å². The topological polar surface area (TPSA) is 83.7 Å². The van der Waals surface area contributed by atoms with Crippen molar-refractivity contribution in [3.05, 3.63) is 30.1 Å². The van der Waals surface area contributed by atoms with Crippen LogP contribution in [0.2, 0.25) is 0 Å². The van der Waals surface area contributed by atoms with Gasteiger partial charge in [0.05, 0.1) is 10.9 Å². The molecular formula is C13H19ClFN3O3S. The van der Waals surface area contributed by atoms with Crippen molar-refractivity contribution in [1.29, 1.82) is 0 Å². The molecule has 124 valence electrons. The highest BCUT2D eigenvalue weighted by Gasteiger charge is 2.30. The van der Waals surface area contributed by atoms with Gasteiger partial charge >= 0.3 is 0 Å². The Morgan fingerprint density at radius 2 is 1.68 bits per heavy atom. The van der Waals surface area contributed by atoms with Gasteiger partial charge in [0.1, 0.15) is 5.82 Å². The first kappa shape index (κ1) is 18.8. The van der Waals surface area contributed by atoms with Crippen molar-refractivity contribution in [2.75, 3.05) is 26.2 Å². The third-order valence-corrected chi connectivity index (χ3v) is 5.30. The maximum absolute atomic E-state index is 12.9. The molecule has 0 unspecified atom stereocenters. The van der Waals surface area contributed by atoms with Crippen LogP contribution < -0.4 is 5.73 Å². The number of hydrogen-bond donors (Lipinski definition) is 1. The maximum atomic E-state index is 12.9. The molecule has 0 saturated carbocycles. The summed E-state index contributed by atoms with van der Waals surface area (Å²) in [6.45, 7) is 2.63. The summed E-state index contributed by atoms with van der Waals surface area (Å²) in [5, 5.41) is 0. The van der Waals surface area contributed by atoms with Gasteiger partial charge in [-0.2, -0.15) is 4.31 Å². The minimum atomic E-state index is -3.65. The number of nitrogens with zero attached hydrogens (tertiary/aromatic N) is 2. The van der Waals surface area contributed by atoms with Crippen molar-refractivity contribution >= 4 is 28.3 Å². The molecule has 0 radical (unpaired) electrons. The summed E-state index contributed by atoms with van der Waals surface area (Å²) >= 11 is 0. The molecule has 1 aliphatic heterocycles. The van der Waals surface area contributed by atoms with Crippen LogP contribution in [0.5, 0.6) is 0 Å². The van der Waals surface area contributed by atoms with Crippen LogP contribution in [0.1, 0.15) is 6.92 Å². The molecule has 1 aliphatic rings. The predicted octanol–water partition coefficient (Wildman–Crippen LogP) is 0.428. The van der Waals surface area contributed by atoms with Crippen LogP contribution in [0.4, 0.5) is 4.39 Å². The van der Waals surface area contributed by atoms with Crippen molar-refractivity contribution in [3.8, 4) is 0 Å². The minimum Gasteiger partial charge on any atom is -0.339 e. The largest absolute Gasteiger partial charge is 0.339 e. The summed E-state index contributed by atoms with van der Waals surface area (Å²) in [6, 6.07) is 4.12. The average molecular weight is 352 g/mol. The van der Waals surface area contributed by atoms with Crippen LogP contribution in [0.25, 0.3) is 0 Å². The number of rotatable bonds is 3. The number of benzene rings is 1. The Balaban J connectivity index is 0.00000242. The number of amides is 1. The van der Waals surface area contributed by atoms with Gasteiger partial charge in [-0.05, 0) is 31.2 Å². The van der Waals surface area contributed by atoms with E-state index in [1.165, 1.54) is 16.4 Å². The maximum Gasteiger partial charge on any atom is 0.243 e. The molecule has 0 bridgehead atoms. The molecule has 1 atom stereocenters. The molecule has 1 amide bonds. The van der Waals surface area contributed by atoms with Crippen LogP contribution in [-0.2, 0) is 14.8 Å². The molecule has 1 aromatic rings. The summed E-state index contributed by atoms with van der Waals surface area (Å²) in [4.78, 5) is 13.4. The van der Waals surface area contributed by atoms with Crippen LogP contribution >= 0.6 is 12.4 Å². The lowest BCUT2D eigenvalue weighted by Crippen LogP contribution is -2.53. The molecule has 22 heavy (non-hydrogen) atoms. The molecule has 6 nitrogen and oxygen atoms in total. The Hall–Kier alpha value is -1.22. The summed E-state index contributed by atoms with van der Waals surface area (Å²) in [7, 11) is -3.65. The number of carbonyl (C=O) groups is 1. The Morgan fingerprint density at radius 3 is 2.14 bits per heavy atom. The standard InChI is InChI=1S/C13H18FN3O3S.ClH/c1-10(15)13(18)16-6-8-17(9-7-16)21(19,20)12-4-2-11(14)3-5-12;/h2-5,10H,6-9,15H2,1H3;1H/t10-;/m1./s1. The second-order valence-electron chi connectivity index (χ2n) is 4.97. The Bertz CT molecular complexity index is 614. The summed E-state index contributed by atoms with van der Waals surface area (Å²) in [5.74, 6) is -0.671. The van der Waals surface area contributed by atoms with E-state index in [0.29, 0.717) is 13.1 Å². The van der Waals surface area contributed by atoms with E-state index in [1.807, 2.05) is 0 Å². The van der Waals surface area contributed by atoms with E-state index in [2.05, 4.69) is 0 Å². The zero-order valence-electron chi connectivity index (χ0n) is 12.1. The third kappa shape index (κ3) is 3.95. The van der Waals surface area contributed by atoms with Crippen molar-refractivity contribution < 1.29 is 17.6 Å². The van der Waals surface area contributed by atoms with E-state index >= 15 is 0 Å². The number of sulfonamides is 1. The highest BCUT2D eigenvalue weighted by molar-refractivity contribution is 7.89. The fourth-order valence-corrected chi connectivity index (χ4v) is 3.61. The summed E-state index contributed by atoms with van der Waals surface area (Å²) in [5.41, 5.74) is 5.53. The zero-order chi connectivity index (χ0) is 15.6. The van der Waals surface area contributed by atoms with Crippen LogP contribution in [0, 0.1) is 5.82 Å². The SMILES string of the molecule is C[C@@H](N)C(=O)N1CCN(S(=O)(=O)c2ccc(F)cc2)CC1.Cl. The molecule has 1 heterocycles. The highest BCUT2D eigenvalue weighted by atomic mass is 35.5. The van der Waals surface area contributed by atoms with E-state index in [-0.39, 0.29) is 36.3 Å². The van der Waals surface area contributed by atoms with Gasteiger partial charge < -0.3 is 10.6 Å². The first-order valence-electron chi connectivity index (χ1n) is 6.62. The van der Waals surface area contributed by atoms with E-state index < -0.39 is 21.9 Å². The van der Waals surface area contributed by atoms with Gasteiger partial charge in [-0.25, -0.2) is 12.8 Å². The van der Waals surface area contributed by atoms with Crippen LogP contribution in [-0.4, -0.2) is 55.8 Å². The minimum absolute atomic E-state index is 0. The first-order valence-corrected chi connectivity index (χ1v) is 8.06. The second kappa shape index (κ2) is 7.36. The lowest BCUT2D eigenvalue weighted by Gasteiger charge is -2.34. The summed E-state index contributed by atoms with van der Waals surface area (Å²) < 4.78 is 38.9. The van der Waals surface area contributed by atoms with Gasteiger partial charge in [0, 0.05) is 26.2 Å². The van der Waals surface area contributed by atoms with Crippen LogP contribution in [0.15, 0.2) is 29.2 Å². The summed E-state index contributed by atoms with van der Waals surface area (Å²) in [6.07, 6.45) is 0. The number of piperazine rings is 1. The van der Waals surface area contributed by atoms with E-state index in [4.69, 9.17) is 5.73 Å². The molecule has 0 spiro atoms. The normalized spacial score (nSPS) is 17.7. The Morgan fingerprint density at radius 1 is 1.18 bits per heavy atom. The van der Waals surface area contributed by atoms with E-state index in [1.54, 1.807) is 11.8 Å². The molecule has 2 rings (SSSR count). The fourth-order valence-electron chi connectivity index (χ4n) is 2.19. The number of halogens is 2. The average Bonchev–Trinajstić information content (AvgIpc) is 2.47. The Labute approximate surface area is 135 Å². The highest BCUT2D eigenvalue weighted by Crippen LogP contribution is 2.18. The molecular weight excluding hydrogens is 333 g/mol. The quantitative estimate of drug-likeness (QED) is 0.855. The van der Waals surface area contributed by atoms with Crippen molar-refractivity contribution in [2.45, 2.75) is 17.9 Å². The van der Waals surface area contributed by atoms with Gasteiger partial charge in [-0.15, -0.1) is 12.4 Å². The lowest BCUT2D eigenvalue weighted by atomic mass is 10.2.